The second-order valence-electron chi connectivity index (χ2n) is 4.82. The van der Waals surface area contributed by atoms with E-state index < -0.39 is 0 Å². The highest BCUT2D eigenvalue weighted by Crippen LogP contribution is 2.08. The highest BCUT2D eigenvalue weighted by Gasteiger charge is 2.07. The van der Waals surface area contributed by atoms with Gasteiger partial charge in [0.05, 0.1) is 26.1 Å². The Kier molecular flexibility index (Phi) is 13.4. The summed E-state index contributed by atoms with van der Waals surface area (Å²) < 4.78 is 10.9. The number of ether oxygens (including phenoxy) is 2. The summed E-state index contributed by atoms with van der Waals surface area (Å²) in [7, 11) is 0. The maximum absolute atomic E-state index is 11.3. The molecular weight excluding hydrogens is 486 g/mol. The van der Waals surface area contributed by atoms with Crippen LogP contribution in [0.5, 0.6) is 0 Å². The molecule has 0 aromatic rings. The second-order valence-corrected chi connectivity index (χ2v) is 9.08. The van der Waals surface area contributed by atoms with Crippen LogP contribution < -0.4 is 0 Å². The Labute approximate surface area is 149 Å². The summed E-state index contributed by atoms with van der Waals surface area (Å²) in [6.45, 7) is 4.96. The molecule has 0 rings (SSSR count). The normalized spacial score (nSPS) is 13.6. The van der Waals surface area contributed by atoms with E-state index in [0.29, 0.717) is 33.9 Å². The Balaban J connectivity index is 3.29. The SMILES string of the molecule is CC(I)CC(=O)OCCCCCCOC(=O)CC(C)I. The van der Waals surface area contributed by atoms with Crippen LogP contribution in [0.3, 0.4) is 0 Å². The summed E-state index contributed by atoms with van der Waals surface area (Å²) in [5.41, 5.74) is 0. The monoisotopic (exact) mass is 510 g/mol. The van der Waals surface area contributed by atoms with Crippen molar-refractivity contribution in [1.29, 1.82) is 0 Å². The molecule has 0 aromatic heterocycles. The van der Waals surface area contributed by atoms with E-state index >= 15 is 0 Å². The van der Waals surface area contributed by atoms with E-state index in [1.54, 1.807) is 0 Å². The summed E-state index contributed by atoms with van der Waals surface area (Å²) in [4.78, 5) is 22.5. The Morgan fingerprint density at radius 2 is 1.15 bits per heavy atom. The fourth-order valence-electron chi connectivity index (χ4n) is 1.51. The van der Waals surface area contributed by atoms with Crippen LogP contribution >= 0.6 is 45.2 Å². The molecule has 0 aliphatic carbocycles. The van der Waals surface area contributed by atoms with Gasteiger partial charge in [0.15, 0.2) is 0 Å². The lowest BCUT2D eigenvalue weighted by molar-refractivity contribution is -0.144. The number of esters is 2. The molecular formula is C14H24I2O4. The molecule has 0 aliphatic heterocycles. The van der Waals surface area contributed by atoms with Gasteiger partial charge in [-0.15, -0.1) is 0 Å². The highest BCUT2D eigenvalue weighted by molar-refractivity contribution is 14.1. The van der Waals surface area contributed by atoms with E-state index in [-0.39, 0.29) is 11.9 Å². The van der Waals surface area contributed by atoms with Crippen molar-refractivity contribution in [2.75, 3.05) is 13.2 Å². The minimum atomic E-state index is -0.117. The molecule has 2 unspecified atom stereocenters. The zero-order chi connectivity index (χ0) is 15.4. The largest absolute Gasteiger partial charge is 0.466 e. The summed E-state index contributed by atoms with van der Waals surface area (Å²) >= 11 is 4.42. The van der Waals surface area contributed by atoms with Gasteiger partial charge in [0.2, 0.25) is 0 Å². The van der Waals surface area contributed by atoms with Crippen molar-refractivity contribution in [3.05, 3.63) is 0 Å². The van der Waals surface area contributed by atoms with Gasteiger partial charge in [0, 0.05) is 7.85 Å². The van der Waals surface area contributed by atoms with Crippen molar-refractivity contribution in [3.8, 4) is 0 Å². The molecule has 0 saturated carbocycles. The molecule has 6 heteroatoms. The predicted molar refractivity (Wildman–Crippen MR) is 96.6 cm³/mol. The van der Waals surface area contributed by atoms with Crippen molar-refractivity contribution >= 4 is 57.1 Å². The number of halogens is 2. The number of carbonyl (C=O) groups excluding carboxylic acids is 2. The molecule has 20 heavy (non-hydrogen) atoms. The van der Waals surface area contributed by atoms with Crippen molar-refractivity contribution in [2.45, 2.75) is 60.2 Å². The van der Waals surface area contributed by atoms with Gasteiger partial charge in [0.25, 0.3) is 0 Å². The number of hydrogen-bond acceptors (Lipinski definition) is 4. The first kappa shape index (κ1) is 20.4. The standard InChI is InChI=1S/C14H24I2O4/c1-11(15)9-13(17)19-7-5-3-4-6-8-20-14(18)10-12(2)16/h11-12H,3-10H2,1-2H3. The third-order valence-electron chi connectivity index (χ3n) is 2.46. The van der Waals surface area contributed by atoms with Crippen molar-refractivity contribution in [1.82, 2.24) is 0 Å². The molecule has 0 bridgehead atoms. The van der Waals surface area contributed by atoms with Gasteiger partial charge in [-0.1, -0.05) is 59.0 Å². The van der Waals surface area contributed by atoms with E-state index in [4.69, 9.17) is 9.47 Å². The molecule has 0 amide bonds. The van der Waals surface area contributed by atoms with Crippen molar-refractivity contribution < 1.29 is 19.1 Å². The number of hydrogen-bond donors (Lipinski definition) is 0. The molecule has 118 valence electrons. The Morgan fingerprint density at radius 1 is 0.800 bits per heavy atom. The molecule has 0 fully saturated rings. The first-order chi connectivity index (χ1) is 9.41. The van der Waals surface area contributed by atoms with Gasteiger partial charge in [0.1, 0.15) is 0 Å². The second kappa shape index (κ2) is 13.1. The third kappa shape index (κ3) is 14.8. The van der Waals surface area contributed by atoms with Crippen LogP contribution in [0.1, 0.15) is 52.4 Å². The topological polar surface area (TPSA) is 52.6 Å². The number of unbranched alkanes of at least 4 members (excludes halogenated alkanes) is 3. The third-order valence-corrected chi connectivity index (χ3v) is 3.34. The minimum absolute atomic E-state index is 0.117. The first-order valence-electron chi connectivity index (χ1n) is 7.01. The number of rotatable bonds is 11. The van der Waals surface area contributed by atoms with Crippen LogP contribution in [-0.4, -0.2) is 33.0 Å². The lowest BCUT2D eigenvalue weighted by atomic mass is 10.2. The van der Waals surface area contributed by atoms with Crippen molar-refractivity contribution in [2.24, 2.45) is 0 Å². The Morgan fingerprint density at radius 3 is 1.45 bits per heavy atom. The summed E-state index contributed by atoms with van der Waals surface area (Å²) in [6.07, 6.45) is 4.69. The molecule has 0 saturated heterocycles. The molecule has 0 aromatic carbocycles. The van der Waals surface area contributed by atoms with E-state index in [2.05, 4.69) is 45.2 Å². The van der Waals surface area contributed by atoms with Gasteiger partial charge in [-0.2, -0.15) is 0 Å². The maximum Gasteiger partial charge on any atom is 0.306 e. The number of carbonyl (C=O) groups is 2. The van der Waals surface area contributed by atoms with Crippen LogP contribution in [0, 0.1) is 0 Å². The quantitative estimate of drug-likeness (QED) is 0.182. The summed E-state index contributed by atoms with van der Waals surface area (Å²) in [5.74, 6) is -0.234. The fourth-order valence-corrected chi connectivity index (χ4v) is 2.23. The zero-order valence-corrected chi connectivity index (χ0v) is 16.5. The van der Waals surface area contributed by atoms with Crippen molar-refractivity contribution in [3.63, 3.8) is 0 Å². The zero-order valence-electron chi connectivity index (χ0n) is 12.2. The summed E-state index contributed by atoms with van der Waals surface area (Å²) in [5, 5.41) is 0. The molecule has 0 radical (unpaired) electrons. The molecule has 4 nitrogen and oxygen atoms in total. The highest BCUT2D eigenvalue weighted by atomic mass is 127. The van der Waals surface area contributed by atoms with Gasteiger partial charge in [-0.25, -0.2) is 0 Å². The molecule has 0 heterocycles. The molecule has 0 aliphatic rings. The fraction of sp³-hybridized carbons (Fsp3) is 0.857. The van der Waals surface area contributed by atoms with Gasteiger partial charge in [-0.3, -0.25) is 9.59 Å². The smallest absolute Gasteiger partial charge is 0.306 e. The Bertz CT molecular complexity index is 252. The Hall–Kier alpha value is 0.400. The predicted octanol–water partition coefficient (Wildman–Crippen LogP) is 4.06. The van der Waals surface area contributed by atoms with Gasteiger partial charge in [-0.05, 0) is 25.7 Å². The summed E-state index contributed by atoms with van der Waals surface area (Å²) in [6, 6.07) is 0. The van der Waals surface area contributed by atoms with E-state index in [9.17, 15) is 9.59 Å². The van der Waals surface area contributed by atoms with Crippen LogP contribution in [0.25, 0.3) is 0 Å². The van der Waals surface area contributed by atoms with Gasteiger partial charge < -0.3 is 9.47 Å². The lowest BCUT2D eigenvalue weighted by Crippen LogP contribution is -2.10. The van der Waals surface area contributed by atoms with Crippen LogP contribution in [-0.2, 0) is 19.1 Å². The van der Waals surface area contributed by atoms with Crippen LogP contribution in [0.15, 0.2) is 0 Å². The van der Waals surface area contributed by atoms with Gasteiger partial charge >= 0.3 is 11.9 Å². The maximum atomic E-state index is 11.3. The minimum Gasteiger partial charge on any atom is -0.466 e. The average Bonchev–Trinajstić information content (AvgIpc) is 2.30. The molecule has 0 spiro atoms. The van der Waals surface area contributed by atoms with E-state index in [0.717, 1.165) is 25.7 Å². The first-order valence-corrected chi connectivity index (χ1v) is 9.50. The average molecular weight is 510 g/mol. The van der Waals surface area contributed by atoms with E-state index in [1.807, 2.05) is 13.8 Å². The van der Waals surface area contributed by atoms with Crippen LogP contribution in [0.4, 0.5) is 0 Å². The van der Waals surface area contributed by atoms with Crippen LogP contribution in [0.2, 0.25) is 0 Å². The lowest BCUT2D eigenvalue weighted by Gasteiger charge is -2.07. The van der Waals surface area contributed by atoms with E-state index in [1.165, 1.54) is 0 Å². The number of alkyl halides is 2. The molecule has 0 N–H and O–H groups in total. The molecule has 2 atom stereocenters.